The van der Waals surface area contributed by atoms with Crippen molar-refractivity contribution in [2.45, 2.75) is 52.5 Å². The van der Waals surface area contributed by atoms with Gasteiger partial charge in [0, 0.05) is 38.8 Å². The molecule has 7 nitrogen and oxygen atoms in total. The van der Waals surface area contributed by atoms with Gasteiger partial charge in [0.25, 0.3) is 0 Å². The number of aliphatic imine (C=N–C) groups is 1. The van der Waals surface area contributed by atoms with E-state index in [0.717, 1.165) is 45.0 Å². The van der Waals surface area contributed by atoms with Gasteiger partial charge in [-0.1, -0.05) is 6.92 Å². The molecule has 7 heteroatoms. The van der Waals surface area contributed by atoms with E-state index in [9.17, 15) is 4.79 Å². The highest BCUT2D eigenvalue weighted by atomic mass is 16.6. The standard InChI is InChI=1S/C19H37N5O2/c1-4-10-23-11-7-16(15-23)14-21-18(20-5-2)22-17-8-12-24(13-9-17)19(25)26-6-3/h16-17H,4-15H2,1-3H3,(H2,20,21,22). The van der Waals surface area contributed by atoms with Crippen molar-refractivity contribution in [1.82, 2.24) is 20.4 Å². The van der Waals surface area contributed by atoms with Crippen molar-refractivity contribution < 1.29 is 9.53 Å². The predicted octanol–water partition coefficient (Wildman–Crippen LogP) is 1.89. The first-order valence-corrected chi connectivity index (χ1v) is 10.3. The number of nitrogens with one attached hydrogen (secondary N) is 2. The molecule has 2 N–H and O–H groups in total. The molecule has 2 heterocycles. The quantitative estimate of drug-likeness (QED) is 0.531. The van der Waals surface area contributed by atoms with Crippen molar-refractivity contribution in [3.63, 3.8) is 0 Å². The lowest BCUT2D eigenvalue weighted by Gasteiger charge is -2.32. The molecule has 1 amide bonds. The van der Waals surface area contributed by atoms with Crippen molar-refractivity contribution in [3.8, 4) is 0 Å². The third kappa shape index (κ3) is 6.67. The monoisotopic (exact) mass is 367 g/mol. The molecule has 2 aliphatic rings. The Bertz CT molecular complexity index is 449. The number of amides is 1. The Morgan fingerprint density at radius 3 is 2.58 bits per heavy atom. The number of hydrogen-bond donors (Lipinski definition) is 2. The molecule has 2 fully saturated rings. The van der Waals surface area contributed by atoms with Crippen LogP contribution in [0.5, 0.6) is 0 Å². The second-order valence-electron chi connectivity index (χ2n) is 7.28. The number of rotatable bonds is 7. The first-order valence-electron chi connectivity index (χ1n) is 10.3. The van der Waals surface area contributed by atoms with Gasteiger partial charge < -0.3 is 25.2 Å². The molecule has 1 unspecified atom stereocenters. The Morgan fingerprint density at radius 1 is 1.15 bits per heavy atom. The van der Waals surface area contributed by atoms with E-state index in [1.54, 1.807) is 4.90 Å². The number of carbonyl (C=O) groups excluding carboxylic acids is 1. The van der Waals surface area contributed by atoms with Crippen molar-refractivity contribution >= 4 is 12.1 Å². The Hall–Kier alpha value is -1.50. The fourth-order valence-electron chi connectivity index (χ4n) is 3.74. The zero-order valence-electron chi connectivity index (χ0n) is 16.8. The van der Waals surface area contributed by atoms with Crippen LogP contribution in [-0.4, -0.2) is 80.3 Å². The molecule has 150 valence electrons. The van der Waals surface area contributed by atoms with Crippen LogP contribution < -0.4 is 10.6 Å². The lowest BCUT2D eigenvalue weighted by atomic mass is 10.1. The lowest BCUT2D eigenvalue weighted by molar-refractivity contribution is 0.0963. The molecule has 2 rings (SSSR count). The minimum atomic E-state index is -0.190. The number of piperidine rings is 1. The summed E-state index contributed by atoms with van der Waals surface area (Å²) in [5.74, 6) is 1.58. The minimum absolute atomic E-state index is 0.190. The maximum atomic E-state index is 11.8. The van der Waals surface area contributed by atoms with E-state index in [-0.39, 0.29) is 6.09 Å². The van der Waals surface area contributed by atoms with Crippen LogP contribution in [0, 0.1) is 5.92 Å². The molecule has 0 aromatic rings. The molecule has 0 spiro atoms. The number of guanidine groups is 1. The number of nitrogens with zero attached hydrogens (tertiary/aromatic N) is 3. The van der Waals surface area contributed by atoms with E-state index in [4.69, 9.17) is 9.73 Å². The largest absolute Gasteiger partial charge is 0.450 e. The highest BCUT2D eigenvalue weighted by Gasteiger charge is 2.25. The first kappa shape index (κ1) is 20.8. The highest BCUT2D eigenvalue weighted by Crippen LogP contribution is 2.16. The molecule has 0 radical (unpaired) electrons. The summed E-state index contributed by atoms with van der Waals surface area (Å²) in [6, 6.07) is 0.360. The third-order valence-corrected chi connectivity index (χ3v) is 5.12. The van der Waals surface area contributed by atoms with Crippen LogP contribution in [0.4, 0.5) is 4.79 Å². The van der Waals surface area contributed by atoms with Gasteiger partial charge in [0.05, 0.1) is 6.61 Å². The van der Waals surface area contributed by atoms with Crippen molar-refractivity contribution in [2.24, 2.45) is 10.9 Å². The lowest BCUT2D eigenvalue weighted by Crippen LogP contribution is -2.50. The first-order chi connectivity index (χ1) is 12.7. The highest BCUT2D eigenvalue weighted by molar-refractivity contribution is 5.80. The molecular weight excluding hydrogens is 330 g/mol. The second kappa shape index (κ2) is 11.3. The summed E-state index contributed by atoms with van der Waals surface area (Å²) in [6.07, 6.45) is 4.14. The Balaban J connectivity index is 1.76. The Kier molecular flexibility index (Phi) is 9.01. The van der Waals surface area contributed by atoms with E-state index in [1.165, 1.54) is 32.5 Å². The van der Waals surface area contributed by atoms with E-state index in [1.807, 2.05) is 6.92 Å². The molecule has 2 aliphatic heterocycles. The van der Waals surface area contributed by atoms with Gasteiger partial charge >= 0.3 is 6.09 Å². The zero-order chi connectivity index (χ0) is 18.8. The summed E-state index contributed by atoms with van der Waals surface area (Å²) in [7, 11) is 0. The van der Waals surface area contributed by atoms with Gasteiger partial charge in [-0.05, 0) is 58.5 Å². The maximum absolute atomic E-state index is 11.8. The molecule has 0 aromatic carbocycles. The average molecular weight is 368 g/mol. The maximum Gasteiger partial charge on any atom is 0.409 e. The number of ether oxygens (including phenoxy) is 1. The number of hydrogen-bond acceptors (Lipinski definition) is 4. The van der Waals surface area contributed by atoms with Crippen molar-refractivity contribution in [3.05, 3.63) is 0 Å². The van der Waals surface area contributed by atoms with Gasteiger partial charge in [0.2, 0.25) is 0 Å². The van der Waals surface area contributed by atoms with Gasteiger partial charge in [-0.15, -0.1) is 0 Å². The topological polar surface area (TPSA) is 69.2 Å². The fraction of sp³-hybridized carbons (Fsp3) is 0.895. The molecule has 2 saturated heterocycles. The van der Waals surface area contributed by atoms with Gasteiger partial charge in [-0.3, -0.25) is 4.99 Å². The van der Waals surface area contributed by atoms with E-state index < -0.39 is 0 Å². The molecule has 0 saturated carbocycles. The SMILES string of the molecule is CCCN1CCC(CN=C(NCC)NC2CCN(C(=O)OCC)CC2)C1. The van der Waals surface area contributed by atoms with Crippen molar-refractivity contribution in [1.29, 1.82) is 0 Å². The van der Waals surface area contributed by atoms with Gasteiger partial charge in [0.1, 0.15) is 0 Å². The normalized spacial score (nSPS) is 22.5. The summed E-state index contributed by atoms with van der Waals surface area (Å²) in [6.45, 7) is 13.4. The van der Waals surface area contributed by atoms with Gasteiger partial charge in [-0.25, -0.2) is 4.79 Å². The van der Waals surface area contributed by atoms with Crippen molar-refractivity contribution in [2.75, 3.05) is 52.4 Å². The smallest absolute Gasteiger partial charge is 0.409 e. The average Bonchev–Trinajstić information content (AvgIpc) is 3.08. The summed E-state index contributed by atoms with van der Waals surface area (Å²) in [5.41, 5.74) is 0. The van der Waals surface area contributed by atoms with Crippen LogP contribution in [0.1, 0.15) is 46.5 Å². The van der Waals surface area contributed by atoms with Crippen LogP contribution in [0.3, 0.4) is 0 Å². The molecule has 1 atom stereocenters. The van der Waals surface area contributed by atoms with E-state index in [0.29, 0.717) is 18.6 Å². The minimum Gasteiger partial charge on any atom is -0.450 e. The fourth-order valence-corrected chi connectivity index (χ4v) is 3.74. The molecular formula is C19H37N5O2. The summed E-state index contributed by atoms with van der Waals surface area (Å²) in [4.78, 5) is 21.0. The second-order valence-corrected chi connectivity index (χ2v) is 7.28. The Labute approximate surface area is 158 Å². The van der Waals surface area contributed by atoms with Gasteiger partial charge in [0.15, 0.2) is 5.96 Å². The molecule has 26 heavy (non-hydrogen) atoms. The number of carbonyl (C=O) groups is 1. The van der Waals surface area contributed by atoms with Crippen LogP contribution in [0.15, 0.2) is 4.99 Å². The summed E-state index contributed by atoms with van der Waals surface area (Å²) >= 11 is 0. The molecule has 0 aliphatic carbocycles. The molecule has 0 aromatic heterocycles. The van der Waals surface area contributed by atoms with Crippen LogP contribution in [-0.2, 0) is 4.74 Å². The zero-order valence-corrected chi connectivity index (χ0v) is 16.8. The summed E-state index contributed by atoms with van der Waals surface area (Å²) < 4.78 is 5.08. The predicted molar refractivity (Wildman–Crippen MR) is 106 cm³/mol. The summed E-state index contributed by atoms with van der Waals surface area (Å²) in [5, 5.41) is 6.92. The van der Waals surface area contributed by atoms with E-state index >= 15 is 0 Å². The third-order valence-electron chi connectivity index (χ3n) is 5.12. The Morgan fingerprint density at radius 2 is 1.92 bits per heavy atom. The molecule has 0 bridgehead atoms. The van der Waals surface area contributed by atoms with Crippen LogP contribution in [0.25, 0.3) is 0 Å². The van der Waals surface area contributed by atoms with Crippen LogP contribution >= 0.6 is 0 Å². The van der Waals surface area contributed by atoms with Gasteiger partial charge in [-0.2, -0.15) is 0 Å². The van der Waals surface area contributed by atoms with Crippen LogP contribution in [0.2, 0.25) is 0 Å². The van der Waals surface area contributed by atoms with E-state index in [2.05, 4.69) is 29.4 Å². The number of likely N-dealkylation sites (tertiary alicyclic amines) is 2.